The summed E-state index contributed by atoms with van der Waals surface area (Å²) in [5.41, 5.74) is 7.36. The predicted octanol–water partition coefficient (Wildman–Crippen LogP) is 3.77. The molecule has 0 bridgehead atoms. The molecule has 2 aromatic rings. The van der Waals surface area contributed by atoms with Crippen LogP contribution in [0.5, 0.6) is 5.75 Å². The number of ether oxygens (including phenoxy) is 1. The number of hydrogen-bond donors (Lipinski definition) is 1. The van der Waals surface area contributed by atoms with Crippen LogP contribution in [0.1, 0.15) is 17.0 Å². The Bertz CT molecular complexity index is 588. The minimum Gasteiger partial charge on any atom is -0.494 e. The molecule has 0 saturated carbocycles. The van der Waals surface area contributed by atoms with Gasteiger partial charge in [-0.05, 0) is 36.2 Å². The first kappa shape index (κ1) is 14.8. The van der Waals surface area contributed by atoms with Crippen molar-refractivity contribution in [1.82, 2.24) is 0 Å². The monoisotopic (exact) mass is 293 g/mol. The standard InChI is InChI=1S/C16H17ClFNO/c1-20-15-8-4-5-11(16(15)18)9-12(10-19)13-6-2-3-7-14(13)17/h2-8,12H,9-10,19H2,1H3. The van der Waals surface area contributed by atoms with Gasteiger partial charge in [0.15, 0.2) is 11.6 Å². The van der Waals surface area contributed by atoms with Crippen molar-refractivity contribution in [2.75, 3.05) is 13.7 Å². The summed E-state index contributed by atoms with van der Waals surface area (Å²) in [6.07, 6.45) is 0.489. The van der Waals surface area contributed by atoms with Crippen LogP contribution in [0.25, 0.3) is 0 Å². The van der Waals surface area contributed by atoms with E-state index in [0.29, 0.717) is 23.6 Å². The normalized spacial score (nSPS) is 12.2. The van der Waals surface area contributed by atoms with Gasteiger partial charge in [-0.1, -0.05) is 41.9 Å². The highest BCUT2D eigenvalue weighted by Gasteiger charge is 2.17. The second kappa shape index (κ2) is 6.73. The van der Waals surface area contributed by atoms with Crippen LogP contribution in [0.15, 0.2) is 42.5 Å². The van der Waals surface area contributed by atoms with Gasteiger partial charge in [-0.2, -0.15) is 0 Å². The molecule has 0 aliphatic rings. The molecule has 2 aromatic carbocycles. The second-order valence-corrected chi connectivity index (χ2v) is 5.00. The minimum atomic E-state index is -0.333. The van der Waals surface area contributed by atoms with E-state index in [9.17, 15) is 4.39 Å². The van der Waals surface area contributed by atoms with Crippen molar-refractivity contribution >= 4 is 11.6 Å². The molecule has 106 valence electrons. The lowest BCUT2D eigenvalue weighted by Gasteiger charge is -2.17. The summed E-state index contributed by atoms with van der Waals surface area (Å²) >= 11 is 6.19. The van der Waals surface area contributed by atoms with Crippen LogP contribution in [0.4, 0.5) is 4.39 Å². The summed E-state index contributed by atoms with van der Waals surface area (Å²) in [6.45, 7) is 0.403. The Labute approximate surface area is 123 Å². The zero-order valence-corrected chi connectivity index (χ0v) is 12.0. The molecule has 2 nitrogen and oxygen atoms in total. The van der Waals surface area contributed by atoms with Gasteiger partial charge in [0.2, 0.25) is 0 Å². The second-order valence-electron chi connectivity index (χ2n) is 4.59. The molecule has 0 heterocycles. The number of benzene rings is 2. The Balaban J connectivity index is 2.30. The minimum absolute atomic E-state index is 0.0229. The molecule has 0 spiro atoms. The molecule has 0 aromatic heterocycles. The van der Waals surface area contributed by atoms with Crippen LogP contribution < -0.4 is 10.5 Å². The van der Waals surface area contributed by atoms with Crippen molar-refractivity contribution in [3.63, 3.8) is 0 Å². The zero-order chi connectivity index (χ0) is 14.5. The largest absolute Gasteiger partial charge is 0.494 e. The van der Waals surface area contributed by atoms with Crippen molar-refractivity contribution in [1.29, 1.82) is 0 Å². The number of rotatable bonds is 5. The van der Waals surface area contributed by atoms with Gasteiger partial charge in [-0.25, -0.2) is 4.39 Å². The number of methoxy groups -OCH3 is 1. The highest BCUT2D eigenvalue weighted by Crippen LogP contribution is 2.29. The van der Waals surface area contributed by atoms with Gasteiger partial charge in [0, 0.05) is 10.9 Å². The first-order valence-electron chi connectivity index (χ1n) is 6.43. The first-order chi connectivity index (χ1) is 9.67. The van der Waals surface area contributed by atoms with Gasteiger partial charge in [-0.3, -0.25) is 0 Å². The van der Waals surface area contributed by atoms with Gasteiger partial charge < -0.3 is 10.5 Å². The van der Waals surface area contributed by atoms with E-state index in [2.05, 4.69) is 0 Å². The highest BCUT2D eigenvalue weighted by molar-refractivity contribution is 6.31. The fraction of sp³-hybridized carbons (Fsp3) is 0.250. The van der Waals surface area contributed by atoms with E-state index in [4.69, 9.17) is 22.1 Å². The molecular formula is C16H17ClFNO. The quantitative estimate of drug-likeness (QED) is 0.911. The van der Waals surface area contributed by atoms with Gasteiger partial charge in [0.1, 0.15) is 0 Å². The molecule has 20 heavy (non-hydrogen) atoms. The van der Waals surface area contributed by atoms with Gasteiger partial charge >= 0.3 is 0 Å². The zero-order valence-electron chi connectivity index (χ0n) is 11.3. The summed E-state index contributed by atoms with van der Waals surface area (Å²) in [6, 6.07) is 12.7. The Hall–Kier alpha value is -1.58. The van der Waals surface area contributed by atoms with Crippen LogP contribution in [-0.4, -0.2) is 13.7 Å². The number of hydrogen-bond acceptors (Lipinski definition) is 2. The molecule has 0 radical (unpaired) electrons. The van der Waals surface area contributed by atoms with E-state index in [1.165, 1.54) is 7.11 Å². The fourth-order valence-electron chi connectivity index (χ4n) is 2.26. The van der Waals surface area contributed by atoms with Crippen molar-refractivity contribution in [2.24, 2.45) is 5.73 Å². The van der Waals surface area contributed by atoms with E-state index >= 15 is 0 Å². The maximum atomic E-state index is 14.2. The molecule has 1 unspecified atom stereocenters. The summed E-state index contributed by atoms with van der Waals surface area (Å²) in [5, 5.41) is 0.659. The Morgan fingerprint density at radius 2 is 1.95 bits per heavy atom. The molecular weight excluding hydrogens is 277 g/mol. The maximum Gasteiger partial charge on any atom is 0.168 e. The average molecular weight is 294 g/mol. The van der Waals surface area contributed by atoms with Gasteiger partial charge in [0.05, 0.1) is 7.11 Å². The summed E-state index contributed by atoms with van der Waals surface area (Å²) < 4.78 is 19.2. The van der Waals surface area contributed by atoms with E-state index < -0.39 is 0 Å². The molecule has 2 rings (SSSR count). The van der Waals surface area contributed by atoms with Gasteiger partial charge in [-0.15, -0.1) is 0 Å². The molecule has 1 atom stereocenters. The SMILES string of the molecule is COc1cccc(CC(CN)c2ccccc2Cl)c1F. The Morgan fingerprint density at radius 1 is 1.20 bits per heavy atom. The lowest BCUT2D eigenvalue weighted by atomic mass is 9.91. The maximum absolute atomic E-state index is 14.2. The van der Waals surface area contributed by atoms with Crippen LogP contribution in [0.3, 0.4) is 0 Å². The Kier molecular flexibility index (Phi) is 4.99. The van der Waals surface area contributed by atoms with Crippen LogP contribution in [0, 0.1) is 5.82 Å². The predicted molar refractivity (Wildman–Crippen MR) is 79.9 cm³/mol. The highest BCUT2D eigenvalue weighted by atomic mass is 35.5. The molecule has 2 N–H and O–H groups in total. The summed E-state index contributed by atoms with van der Waals surface area (Å²) in [5.74, 6) is -0.108. The van der Waals surface area contributed by atoms with Crippen molar-refractivity contribution < 1.29 is 9.13 Å². The number of halogens is 2. The van der Waals surface area contributed by atoms with Crippen LogP contribution in [-0.2, 0) is 6.42 Å². The van der Waals surface area contributed by atoms with Crippen LogP contribution >= 0.6 is 11.6 Å². The third-order valence-electron chi connectivity index (χ3n) is 3.36. The summed E-state index contributed by atoms with van der Waals surface area (Å²) in [4.78, 5) is 0. The molecule has 4 heteroatoms. The third-order valence-corrected chi connectivity index (χ3v) is 3.70. The first-order valence-corrected chi connectivity index (χ1v) is 6.81. The Morgan fingerprint density at radius 3 is 2.60 bits per heavy atom. The van der Waals surface area contributed by atoms with E-state index in [1.807, 2.05) is 24.3 Å². The smallest absolute Gasteiger partial charge is 0.168 e. The molecule has 0 saturated heterocycles. The van der Waals surface area contributed by atoms with E-state index in [0.717, 1.165) is 5.56 Å². The lowest BCUT2D eigenvalue weighted by Crippen LogP contribution is -2.16. The third kappa shape index (κ3) is 3.11. The van der Waals surface area contributed by atoms with Crippen molar-refractivity contribution in [3.05, 3.63) is 64.4 Å². The van der Waals surface area contributed by atoms with E-state index in [-0.39, 0.29) is 17.5 Å². The van der Waals surface area contributed by atoms with E-state index in [1.54, 1.807) is 18.2 Å². The molecule has 0 amide bonds. The fourth-order valence-corrected chi connectivity index (χ4v) is 2.55. The molecule has 0 fully saturated rings. The van der Waals surface area contributed by atoms with Gasteiger partial charge in [0.25, 0.3) is 0 Å². The van der Waals surface area contributed by atoms with Crippen molar-refractivity contribution in [3.8, 4) is 5.75 Å². The summed E-state index contributed by atoms with van der Waals surface area (Å²) in [7, 11) is 1.46. The molecule has 0 aliphatic heterocycles. The topological polar surface area (TPSA) is 35.2 Å². The van der Waals surface area contributed by atoms with Crippen molar-refractivity contribution in [2.45, 2.75) is 12.3 Å². The number of nitrogens with two attached hydrogens (primary N) is 1. The molecule has 0 aliphatic carbocycles. The van der Waals surface area contributed by atoms with Crippen LogP contribution in [0.2, 0.25) is 5.02 Å². The lowest BCUT2D eigenvalue weighted by molar-refractivity contribution is 0.383. The average Bonchev–Trinajstić information content (AvgIpc) is 2.47.